The largest absolute Gasteiger partial charge is 0.363 e. The number of carbonyl (C=O) groups is 2. The molecule has 23 heavy (non-hydrogen) atoms. The van der Waals surface area contributed by atoms with Gasteiger partial charge in [0.25, 0.3) is 0 Å². The van der Waals surface area contributed by atoms with Crippen LogP contribution in [-0.2, 0) is 9.59 Å². The van der Waals surface area contributed by atoms with Crippen molar-refractivity contribution >= 4 is 29.4 Å². The zero-order chi connectivity index (χ0) is 16.5. The maximum atomic E-state index is 12.3. The van der Waals surface area contributed by atoms with Crippen molar-refractivity contribution in [1.82, 2.24) is 10.1 Å². The number of benzene rings is 1. The Morgan fingerprint density at radius 1 is 1.30 bits per heavy atom. The number of anilines is 1. The average molecular weight is 331 g/mol. The molecule has 1 heterocycles. The van der Waals surface area contributed by atoms with E-state index >= 15 is 0 Å². The van der Waals surface area contributed by atoms with E-state index in [0.717, 1.165) is 4.90 Å². The molecule has 120 valence electrons. The summed E-state index contributed by atoms with van der Waals surface area (Å²) in [6.45, 7) is 3.87. The molecule has 0 unspecified atom stereocenters. The number of rotatable bonds is 8. The van der Waals surface area contributed by atoms with E-state index in [-0.39, 0.29) is 24.1 Å². The third-order valence-electron chi connectivity index (χ3n) is 2.85. The fourth-order valence-electron chi connectivity index (χ4n) is 1.80. The lowest BCUT2D eigenvalue weighted by Crippen LogP contribution is -2.39. The van der Waals surface area contributed by atoms with Crippen LogP contribution >= 0.6 is 11.8 Å². The molecule has 0 aliphatic heterocycles. The Labute approximate surface area is 138 Å². The standard InChI is InChI=1S/C16H17N3O3S/c1-2-9-19(11-15(20)17-14-8-10-22-18-14)16(21)12-23-13-6-4-3-5-7-13/h2-8,10H,1,9,11-12H2,(H,17,18,20). The Morgan fingerprint density at radius 2 is 2.09 bits per heavy atom. The minimum absolute atomic E-state index is 0.0624. The number of hydrogen-bond donors (Lipinski definition) is 1. The van der Waals surface area contributed by atoms with Crippen LogP contribution in [0.2, 0.25) is 0 Å². The molecular formula is C16H17N3O3S. The molecule has 0 radical (unpaired) electrons. The third-order valence-corrected chi connectivity index (χ3v) is 3.84. The Morgan fingerprint density at radius 3 is 2.74 bits per heavy atom. The van der Waals surface area contributed by atoms with Gasteiger partial charge in [-0.25, -0.2) is 0 Å². The highest BCUT2D eigenvalue weighted by molar-refractivity contribution is 8.00. The van der Waals surface area contributed by atoms with E-state index in [2.05, 4.69) is 21.6 Å². The monoisotopic (exact) mass is 331 g/mol. The van der Waals surface area contributed by atoms with E-state index < -0.39 is 0 Å². The van der Waals surface area contributed by atoms with E-state index in [0.29, 0.717) is 12.4 Å². The second kappa shape index (κ2) is 8.79. The predicted molar refractivity (Wildman–Crippen MR) is 89.1 cm³/mol. The van der Waals surface area contributed by atoms with E-state index in [1.807, 2.05) is 30.3 Å². The van der Waals surface area contributed by atoms with Crippen LogP contribution in [0.15, 0.2) is 64.7 Å². The summed E-state index contributed by atoms with van der Waals surface area (Å²) in [7, 11) is 0. The van der Waals surface area contributed by atoms with Gasteiger partial charge in [0.2, 0.25) is 11.8 Å². The van der Waals surface area contributed by atoms with Gasteiger partial charge in [-0.3, -0.25) is 9.59 Å². The lowest BCUT2D eigenvalue weighted by Gasteiger charge is -2.20. The highest BCUT2D eigenvalue weighted by Gasteiger charge is 2.17. The van der Waals surface area contributed by atoms with Gasteiger partial charge in [-0.2, -0.15) is 0 Å². The molecule has 1 aromatic carbocycles. The van der Waals surface area contributed by atoms with Gasteiger partial charge in [0.05, 0.1) is 5.75 Å². The predicted octanol–water partition coefficient (Wildman–Crippen LogP) is 2.42. The van der Waals surface area contributed by atoms with Gasteiger partial charge in [0, 0.05) is 17.5 Å². The first-order valence-electron chi connectivity index (χ1n) is 6.96. The number of carbonyl (C=O) groups excluding carboxylic acids is 2. The van der Waals surface area contributed by atoms with Gasteiger partial charge in [-0.05, 0) is 12.1 Å². The quantitative estimate of drug-likeness (QED) is 0.594. The molecule has 6 nitrogen and oxygen atoms in total. The highest BCUT2D eigenvalue weighted by Crippen LogP contribution is 2.17. The van der Waals surface area contributed by atoms with Crippen LogP contribution in [0, 0.1) is 0 Å². The molecule has 0 saturated carbocycles. The van der Waals surface area contributed by atoms with E-state index in [4.69, 9.17) is 0 Å². The van der Waals surface area contributed by atoms with Crippen molar-refractivity contribution < 1.29 is 14.1 Å². The Hall–Kier alpha value is -2.54. The second-order valence-electron chi connectivity index (χ2n) is 4.60. The summed E-state index contributed by atoms with van der Waals surface area (Å²) in [6.07, 6.45) is 2.95. The molecule has 2 rings (SSSR count). The van der Waals surface area contributed by atoms with Gasteiger partial charge in [0.15, 0.2) is 5.82 Å². The van der Waals surface area contributed by atoms with Crippen molar-refractivity contribution in [2.45, 2.75) is 4.90 Å². The normalized spacial score (nSPS) is 10.1. The second-order valence-corrected chi connectivity index (χ2v) is 5.65. The first-order chi connectivity index (χ1) is 11.2. The van der Waals surface area contributed by atoms with Gasteiger partial charge in [-0.1, -0.05) is 29.4 Å². The average Bonchev–Trinajstić information content (AvgIpc) is 3.06. The Balaban J connectivity index is 1.87. The molecule has 2 amide bonds. The summed E-state index contributed by atoms with van der Waals surface area (Å²) in [5, 5.41) is 6.16. The van der Waals surface area contributed by atoms with Gasteiger partial charge in [-0.15, -0.1) is 18.3 Å². The van der Waals surface area contributed by atoms with Gasteiger partial charge in [0.1, 0.15) is 12.8 Å². The van der Waals surface area contributed by atoms with Crippen LogP contribution in [0.3, 0.4) is 0 Å². The number of thioether (sulfide) groups is 1. The van der Waals surface area contributed by atoms with Crippen molar-refractivity contribution in [2.24, 2.45) is 0 Å². The van der Waals surface area contributed by atoms with Crippen LogP contribution in [-0.4, -0.2) is 40.7 Å². The zero-order valence-corrected chi connectivity index (χ0v) is 13.3. The summed E-state index contributed by atoms with van der Waals surface area (Å²) in [5.74, 6) is 0.113. The zero-order valence-electron chi connectivity index (χ0n) is 12.5. The number of hydrogen-bond acceptors (Lipinski definition) is 5. The van der Waals surface area contributed by atoms with Crippen LogP contribution < -0.4 is 5.32 Å². The molecule has 7 heteroatoms. The van der Waals surface area contributed by atoms with Crippen molar-refractivity contribution in [2.75, 3.05) is 24.2 Å². The van der Waals surface area contributed by atoms with E-state index in [1.54, 1.807) is 6.08 Å². The van der Waals surface area contributed by atoms with Crippen molar-refractivity contribution in [3.8, 4) is 0 Å². The van der Waals surface area contributed by atoms with Gasteiger partial charge < -0.3 is 14.7 Å². The molecule has 0 saturated heterocycles. The fraction of sp³-hybridized carbons (Fsp3) is 0.188. The SMILES string of the molecule is C=CCN(CC(=O)Nc1ccon1)C(=O)CSc1ccccc1. The maximum Gasteiger partial charge on any atom is 0.245 e. The third kappa shape index (κ3) is 5.63. The number of amides is 2. The number of nitrogens with zero attached hydrogens (tertiary/aromatic N) is 2. The van der Waals surface area contributed by atoms with Crippen molar-refractivity contribution in [3.63, 3.8) is 0 Å². The van der Waals surface area contributed by atoms with Crippen molar-refractivity contribution in [1.29, 1.82) is 0 Å². The molecule has 0 fully saturated rings. The molecule has 1 aromatic heterocycles. The molecule has 1 N–H and O–H groups in total. The summed E-state index contributed by atoms with van der Waals surface area (Å²) >= 11 is 1.43. The highest BCUT2D eigenvalue weighted by atomic mass is 32.2. The lowest BCUT2D eigenvalue weighted by atomic mass is 10.4. The minimum atomic E-state index is -0.334. The van der Waals surface area contributed by atoms with E-state index in [1.165, 1.54) is 29.0 Å². The smallest absolute Gasteiger partial charge is 0.245 e. The first kappa shape index (κ1) is 16.8. The molecule has 0 spiro atoms. The Kier molecular flexibility index (Phi) is 6.43. The van der Waals surface area contributed by atoms with Crippen molar-refractivity contribution in [3.05, 3.63) is 55.3 Å². The minimum Gasteiger partial charge on any atom is -0.363 e. The molecular weight excluding hydrogens is 314 g/mol. The molecule has 2 aromatic rings. The number of nitrogens with one attached hydrogen (secondary N) is 1. The fourth-order valence-corrected chi connectivity index (χ4v) is 2.62. The van der Waals surface area contributed by atoms with Crippen LogP contribution in [0.1, 0.15) is 0 Å². The first-order valence-corrected chi connectivity index (χ1v) is 7.94. The molecule has 0 aliphatic rings. The molecule has 0 bridgehead atoms. The summed E-state index contributed by atoms with van der Waals surface area (Å²) < 4.78 is 4.64. The van der Waals surface area contributed by atoms with Crippen LogP contribution in [0.5, 0.6) is 0 Å². The Bertz CT molecular complexity index is 644. The molecule has 0 atom stereocenters. The van der Waals surface area contributed by atoms with Crippen LogP contribution in [0.4, 0.5) is 5.82 Å². The summed E-state index contributed by atoms with van der Waals surface area (Å²) in [4.78, 5) is 26.7. The van der Waals surface area contributed by atoms with E-state index in [9.17, 15) is 9.59 Å². The summed E-state index contributed by atoms with van der Waals surface area (Å²) in [6, 6.07) is 11.2. The lowest BCUT2D eigenvalue weighted by molar-refractivity contribution is -0.131. The number of aromatic nitrogens is 1. The topological polar surface area (TPSA) is 75.4 Å². The molecule has 0 aliphatic carbocycles. The summed E-state index contributed by atoms with van der Waals surface area (Å²) in [5.41, 5.74) is 0. The van der Waals surface area contributed by atoms with Gasteiger partial charge >= 0.3 is 0 Å². The van der Waals surface area contributed by atoms with Crippen LogP contribution in [0.25, 0.3) is 0 Å². The maximum absolute atomic E-state index is 12.3.